The second kappa shape index (κ2) is 12.3. The molecule has 0 unspecified atom stereocenters. The maximum atomic E-state index is 12.7. The number of likely N-dealkylation sites (tertiary alicyclic amines) is 1. The van der Waals surface area contributed by atoms with Gasteiger partial charge in [-0.1, -0.05) is 68.1 Å². The van der Waals surface area contributed by atoms with Crippen LogP contribution >= 0.6 is 0 Å². The normalized spacial score (nSPS) is 18.1. The predicted molar refractivity (Wildman–Crippen MR) is 127 cm³/mol. The Morgan fingerprint density at radius 1 is 0.818 bits per heavy atom. The summed E-state index contributed by atoms with van der Waals surface area (Å²) < 4.78 is 0. The van der Waals surface area contributed by atoms with Gasteiger partial charge in [-0.15, -0.1) is 0 Å². The molecule has 0 atom stereocenters. The van der Waals surface area contributed by atoms with Gasteiger partial charge in [0.25, 0.3) is 0 Å². The highest BCUT2D eigenvalue weighted by Crippen LogP contribution is 2.24. The number of carbonyl (C=O) groups is 3. The molecule has 1 heterocycles. The lowest BCUT2D eigenvalue weighted by molar-refractivity contribution is -0.159. The highest BCUT2D eigenvalue weighted by atomic mass is 16.4. The molecule has 2 aromatic rings. The Bertz CT molecular complexity index is 927. The SMILES string of the molecule is O=C(NC1CCCCCC1)C1CCN(Cc2cccc3ccccc23)CC1.O=C(O)C(=O)O. The summed E-state index contributed by atoms with van der Waals surface area (Å²) in [4.78, 5) is 33.4. The van der Waals surface area contributed by atoms with E-state index in [9.17, 15) is 4.79 Å². The van der Waals surface area contributed by atoms with E-state index >= 15 is 0 Å². The van der Waals surface area contributed by atoms with Crippen molar-refractivity contribution < 1.29 is 24.6 Å². The van der Waals surface area contributed by atoms with E-state index in [1.807, 2.05) is 0 Å². The van der Waals surface area contributed by atoms with Crippen molar-refractivity contribution in [2.45, 2.75) is 64.0 Å². The standard InChI is InChI=1S/C24H32N2O.C2H2O4/c27-24(25-22-11-3-1-2-4-12-22)20-14-16-26(17-15-20)18-21-10-7-9-19-8-5-6-13-23(19)21;3-1(4)2(5)6/h5-10,13,20,22H,1-4,11-12,14-18H2,(H,25,27);(H,3,4)(H,5,6). The lowest BCUT2D eigenvalue weighted by Crippen LogP contribution is -2.43. The Balaban J connectivity index is 0.000000454. The average molecular weight is 455 g/mol. The number of amides is 1. The summed E-state index contributed by atoms with van der Waals surface area (Å²) in [6, 6.07) is 15.6. The lowest BCUT2D eigenvalue weighted by atomic mass is 9.94. The topological polar surface area (TPSA) is 107 Å². The van der Waals surface area contributed by atoms with Gasteiger partial charge in [0, 0.05) is 18.5 Å². The zero-order valence-electron chi connectivity index (χ0n) is 19.0. The van der Waals surface area contributed by atoms with Gasteiger partial charge in [-0.3, -0.25) is 9.69 Å². The van der Waals surface area contributed by atoms with Gasteiger partial charge >= 0.3 is 11.9 Å². The summed E-state index contributed by atoms with van der Waals surface area (Å²) in [7, 11) is 0. The summed E-state index contributed by atoms with van der Waals surface area (Å²) >= 11 is 0. The van der Waals surface area contributed by atoms with Gasteiger partial charge in [-0.25, -0.2) is 9.59 Å². The Morgan fingerprint density at radius 3 is 2.06 bits per heavy atom. The molecule has 2 aromatic carbocycles. The zero-order chi connectivity index (χ0) is 23.6. The molecule has 7 nitrogen and oxygen atoms in total. The fourth-order valence-electron chi connectivity index (χ4n) is 4.77. The molecule has 178 valence electrons. The minimum absolute atomic E-state index is 0.206. The van der Waals surface area contributed by atoms with Crippen molar-refractivity contribution in [1.82, 2.24) is 10.2 Å². The molecule has 2 fully saturated rings. The van der Waals surface area contributed by atoms with Crippen LogP contribution < -0.4 is 5.32 Å². The van der Waals surface area contributed by atoms with E-state index < -0.39 is 11.9 Å². The first-order valence-corrected chi connectivity index (χ1v) is 11.9. The van der Waals surface area contributed by atoms with E-state index in [-0.39, 0.29) is 5.92 Å². The third kappa shape index (κ3) is 7.56. The molecular formula is C26H34N2O5. The maximum Gasteiger partial charge on any atom is 0.414 e. The van der Waals surface area contributed by atoms with Crippen LogP contribution in [0, 0.1) is 5.92 Å². The molecule has 1 aliphatic carbocycles. The van der Waals surface area contributed by atoms with Crippen LogP contribution in [0.4, 0.5) is 0 Å². The maximum absolute atomic E-state index is 12.7. The van der Waals surface area contributed by atoms with Gasteiger partial charge in [0.15, 0.2) is 0 Å². The van der Waals surface area contributed by atoms with Crippen molar-refractivity contribution in [2.75, 3.05) is 13.1 Å². The number of benzene rings is 2. The number of carboxylic acid groups (broad SMARTS) is 2. The van der Waals surface area contributed by atoms with Crippen molar-refractivity contribution in [3.63, 3.8) is 0 Å². The fraction of sp³-hybridized carbons (Fsp3) is 0.500. The van der Waals surface area contributed by atoms with E-state index in [2.05, 4.69) is 52.7 Å². The third-order valence-electron chi connectivity index (χ3n) is 6.62. The van der Waals surface area contributed by atoms with Crippen molar-refractivity contribution in [3.8, 4) is 0 Å². The molecule has 1 saturated carbocycles. The molecule has 7 heteroatoms. The monoisotopic (exact) mass is 454 g/mol. The first-order chi connectivity index (χ1) is 15.9. The highest BCUT2D eigenvalue weighted by Gasteiger charge is 2.26. The van der Waals surface area contributed by atoms with E-state index in [1.165, 1.54) is 54.9 Å². The molecule has 3 N–H and O–H groups in total. The average Bonchev–Trinajstić information content (AvgIpc) is 3.09. The number of hydrogen-bond donors (Lipinski definition) is 3. The smallest absolute Gasteiger partial charge is 0.414 e. The van der Waals surface area contributed by atoms with Gasteiger partial charge in [-0.05, 0) is 55.1 Å². The van der Waals surface area contributed by atoms with Crippen LogP contribution in [0.5, 0.6) is 0 Å². The molecule has 2 aliphatic rings. The number of hydrogen-bond acceptors (Lipinski definition) is 4. The Morgan fingerprint density at radius 2 is 1.42 bits per heavy atom. The number of nitrogens with one attached hydrogen (secondary N) is 1. The first-order valence-electron chi connectivity index (χ1n) is 11.9. The van der Waals surface area contributed by atoms with Gasteiger partial charge in [-0.2, -0.15) is 0 Å². The molecule has 0 spiro atoms. The van der Waals surface area contributed by atoms with Gasteiger partial charge in [0.1, 0.15) is 0 Å². The minimum atomic E-state index is -1.82. The van der Waals surface area contributed by atoms with Crippen LogP contribution in [-0.4, -0.2) is 52.1 Å². The fourth-order valence-corrected chi connectivity index (χ4v) is 4.77. The van der Waals surface area contributed by atoms with Crippen molar-refractivity contribution in [2.24, 2.45) is 5.92 Å². The summed E-state index contributed by atoms with van der Waals surface area (Å²) in [5.41, 5.74) is 1.40. The molecule has 0 radical (unpaired) electrons. The Kier molecular flexibility index (Phi) is 9.24. The number of aliphatic carboxylic acids is 2. The van der Waals surface area contributed by atoms with Crippen LogP contribution in [0.2, 0.25) is 0 Å². The molecule has 4 rings (SSSR count). The van der Waals surface area contributed by atoms with E-state index in [1.54, 1.807) is 0 Å². The number of rotatable bonds is 4. The van der Waals surface area contributed by atoms with Crippen LogP contribution in [0.25, 0.3) is 10.8 Å². The van der Waals surface area contributed by atoms with Crippen LogP contribution in [-0.2, 0) is 20.9 Å². The van der Waals surface area contributed by atoms with Gasteiger partial charge in [0.05, 0.1) is 0 Å². The molecule has 0 aromatic heterocycles. The number of carbonyl (C=O) groups excluding carboxylic acids is 1. The van der Waals surface area contributed by atoms with Crippen molar-refractivity contribution in [3.05, 3.63) is 48.0 Å². The molecule has 1 saturated heterocycles. The zero-order valence-corrected chi connectivity index (χ0v) is 19.0. The van der Waals surface area contributed by atoms with Crippen molar-refractivity contribution in [1.29, 1.82) is 0 Å². The quantitative estimate of drug-likeness (QED) is 0.475. The predicted octanol–water partition coefficient (Wildman–Crippen LogP) is 4.05. The second-order valence-corrected chi connectivity index (χ2v) is 9.00. The number of piperidine rings is 1. The summed E-state index contributed by atoms with van der Waals surface area (Å²) in [5, 5.41) is 20.8. The number of carboxylic acids is 2. The largest absolute Gasteiger partial charge is 0.473 e. The number of fused-ring (bicyclic) bond motifs is 1. The van der Waals surface area contributed by atoms with Crippen molar-refractivity contribution >= 4 is 28.6 Å². The highest BCUT2D eigenvalue weighted by molar-refractivity contribution is 6.27. The summed E-state index contributed by atoms with van der Waals surface area (Å²) in [5.74, 6) is -3.13. The molecule has 1 amide bonds. The molecule has 0 bridgehead atoms. The van der Waals surface area contributed by atoms with Gasteiger partial charge < -0.3 is 15.5 Å². The first kappa shape index (κ1) is 24.7. The number of nitrogens with zero attached hydrogens (tertiary/aromatic N) is 1. The van der Waals surface area contributed by atoms with Crippen LogP contribution in [0.3, 0.4) is 0 Å². The molecular weight excluding hydrogens is 420 g/mol. The Hall–Kier alpha value is -2.93. The van der Waals surface area contributed by atoms with Gasteiger partial charge in [0.2, 0.25) is 5.91 Å². The molecule has 33 heavy (non-hydrogen) atoms. The minimum Gasteiger partial charge on any atom is -0.473 e. The van der Waals surface area contributed by atoms with E-state index in [4.69, 9.17) is 19.8 Å². The second-order valence-electron chi connectivity index (χ2n) is 9.00. The third-order valence-corrected chi connectivity index (χ3v) is 6.62. The van der Waals surface area contributed by atoms with E-state index in [0.717, 1.165) is 32.5 Å². The van der Waals surface area contributed by atoms with Crippen LogP contribution in [0.1, 0.15) is 56.9 Å². The Labute approximate surface area is 194 Å². The van der Waals surface area contributed by atoms with Crippen LogP contribution in [0.15, 0.2) is 42.5 Å². The lowest BCUT2D eigenvalue weighted by Gasteiger charge is -2.32. The summed E-state index contributed by atoms with van der Waals surface area (Å²) in [6.07, 6.45) is 9.53. The summed E-state index contributed by atoms with van der Waals surface area (Å²) in [6.45, 7) is 3.02. The van der Waals surface area contributed by atoms with E-state index in [0.29, 0.717) is 11.9 Å². The molecule has 1 aliphatic heterocycles.